The van der Waals surface area contributed by atoms with Crippen LogP contribution in [0.25, 0.3) is 0 Å². The molecule has 100 valence electrons. The molecule has 0 aromatic carbocycles. The number of likely N-dealkylation sites (N-methyl/N-ethyl adjacent to an activating group) is 1. The van der Waals surface area contributed by atoms with Gasteiger partial charge in [-0.1, -0.05) is 6.92 Å². The van der Waals surface area contributed by atoms with Crippen molar-refractivity contribution in [3.63, 3.8) is 0 Å². The van der Waals surface area contributed by atoms with Gasteiger partial charge in [-0.3, -0.25) is 4.79 Å². The van der Waals surface area contributed by atoms with Crippen molar-refractivity contribution in [2.24, 2.45) is 0 Å². The van der Waals surface area contributed by atoms with E-state index in [1.54, 1.807) is 0 Å². The number of piperidine rings is 1. The zero-order chi connectivity index (χ0) is 13.1. The van der Waals surface area contributed by atoms with Crippen LogP contribution in [0.15, 0.2) is 0 Å². The van der Waals surface area contributed by atoms with Gasteiger partial charge in [-0.15, -0.1) is 0 Å². The Labute approximate surface area is 105 Å². The molecule has 3 N–H and O–H groups in total. The highest BCUT2D eigenvalue weighted by Crippen LogP contribution is 2.28. The molecule has 0 unspecified atom stereocenters. The molecule has 1 heterocycles. The molecule has 0 aromatic heterocycles. The Bertz CT molecular complexity index is 258. The predicted molar refractivity (Wildman–Crippen MR) is 71.0 cm³/mol. The standard InChI is InChI=1S/C13H27N3O/c1-6-14-9-11(17)15-10-7-12(2,3)16-13(4,5)8-10/h10,14,16H,6-9H2,1-5H3,(H,15,17). The minimum absolute atomic E-state index is 0.0812. The first kappa shape index (κ1) is 14.5. The average molecular weight is 241 g/mol. The van der Waals surface area contributed by atoms with E-state index in [0.29, 0.717) is 6.54 Å². The molecule has 1 aliphatic heterocycles. The molecule has 4 heteroatoms. The smallest absolute Gasteiger partial charge is 0.234 e. The van der Waals surface area contributed by atoms with Crippen molar-refractivity contribution in [1.82, 2.24) is 16.0 Å². The van der Waals surface area contributed by atoms with Crippen LogP contribution in [0, 0.1) is 0 Å². The summed E-state index contributed by atoms with van der Waals surface area (Å²) in [6.45, 7) is 12.0. The fraction of sp³-hybridized carbons (Fsp3) is 0.923. The van der Waals surface area contributed by atoms with Crippen molar-refractivity contribution in [2.45, 2.75) is 64.6 Å². The van der Waals surface area contributed by atoms with Crippen molar-refractivity contribution >= 4 is 5.91 Å². The van der Waals surface area contributed by atoms with E-state index in [9.17, 15) is 4.79 Å². The van der Waals surface area contributed by atoms with Crippen LogP contribution in [0.2, 0.25) is 0 Å². The number of rotatable bonds is 4. The molecule has 0 bridgehead atoms. The van der Waals surface area contributed by atoms with Gasteiger partial charge in [0, 0.05) is 17.1 Å². The number of carbonyl (C=O) groups is 1. The molecule has 0 atom stereocenters. The molecule has 1 saturated heterocycles. The lowest BCUT2D eigenvalue weighted by Gasteiger charge is -2.46. The number of carbonyl (C=O) groups excluding carboxylic acids is 1. The van der Waals surface area contributed by atoms with Gasteiger partial charge in [0.15, 0.2) is 0 Å². The van der Waals surface area contributed by atoms with Crippen molar-refractivity contribution < 1.29 is 4.79 Å². The van der Waals surface area contributed by atoms with Crippen LogP contribution >= 0.6 is 0 Å². The zero-order valence-electron chi connectivity index (χ0n) is 11.8. The van der Waals surface area contributed by atoms with E-state index in [4.69, 9.17) is 0 Å². The second-order valence-electron chi connectivity index (χ2n) is 6.35. The molecule has 1 fully saturated rings. The van der Waals surface area contributed by atoms with E-state index in [1.807, 2.05) is 6.92 Å². The largest absolute Gasteiger partial charge is 0.352 e. The molecule has 1 amide bonds. The summed E-state index contributed by atoms with van der Waals surface area (Å²) in [4.78, 5) is 11.7. The first-order chi connectivity index (χ1) is 7.74. The maximum Gasteiger partial charge on any atom is 0.234 e. The van der Waals surface area contributed by atoms with Crippen LogP contribution in [0.5, 0.6) is 0 Å². The van der Waals surface area contributed by atoms with Crippen LogP contribution in [-0.2, 0) is 4.79 Å². The van der Waals surface area contributed by atoms with Gasteiger partial charge in [-0.25, -0.2) is 0 Å². The third-order valence-corrected chi connectivity index (χ3v) is 3.09. The van der Waals surface area contributed by atoms with Gasteiger partial charge in [0.25, 0.3) is 0 Å². The number of hydrogen-bond acceptors (Lipinski definition) is 3. The number of hydrogen-bond donors (Lipinski definition) is 3. The first-order valence-corrected chi connectivity index (χ1v) is 6.53. The van der Waals surface area contributed by atoms with Crippen LogP contribution < -0.4 is 16.0 Å². The van der Waals surface area contributed by atoms with Gasteiger partial charge in [-0.2, -0.15) is 0 Å². The van der Waals surface area contributed by atoms with Crippen LogP contribution in [0.1, 0.15) is 47.5 Å². The van der Waals surface area contributed by atoms with Crippen molar-refractivity contribution in [3.05, 3.63) is 0 Å². The van der Waals surface area contributed by atoms with E-state index in [0.717, 1.165) is 19.4 Å². The Morgan fingerprint density at radius 3 is 2.24 bits per heavy atom. The highest BCUT2D eigenvalue weighted by molar-refractivity contribution is 5.78. The van der Waals surface area contributed by atoms with E-state index >= 15 is 0 Å². The van der Waals surface area contributed by atoms with Crippen molar-refractivity contribution in [1.29, 1.82) is 0 Å². The summed E-state index contributed by atoms with van der Waals surface area (Å²) < 4.78 is 0. The van der Waals surface area contributed by atoms with Crippen LogP contribution in [-0.4, -0.2) is 36.1 Å². The third kappa shape index (κ3) is 5.04. The monoisotopic (exact) mass is 241 g/mol. The topological polar surface area (TPSA) is 53.2 Å². The predicted octanol–water partition coefficient (Wildman–Crippen LogP) is 1.02. The molecule has 0 aromatic rings. The Balaban J connectivity index is 2.51. The molecular weight excluding hydrogens is 214 g/mol. The summed E-state index contributed by atoms with van der Waals surface area (Å²) >= 11 is 0. The molecule has 1 rings (SSSR count). The molecule has 0 radical (unpaired) electrons. The van der Waals surface area contributed by atoms with Gasteiger partial charge >= 0.3 is 0 Å². The van der Waals surface area contributed by atoms with E-state index in [2.05, 4.69) is 43.6 Å². The normalized spacial score (nSPS) is 23.4. The second-order valence-corrected chi connectivity index (χ2v) is 6.35. The van der Waals surface area contributed by atoms with Gasteiger partial charge in [0.2, 0.25) is 5.91 Å². The molecule has 0 spiro atoms. The molecule has 0 saturated carbocycles. The molecule has 17 heavy (non-hydrogen) atoms. The van der Waals surface area contributed by atoms with Gasteiger partial charge in [-0.05, 0) is 47.1 Å². The molecule has 4 nitrogen and oxygen atoms in total. The number of nitrogens with one attached hydrogen (secondary N) is 3. The summed E-state index contributed by atoms with van der Waals surface area (Å²) in [7, 11) is 0. The average Bonchev–Trinajstić information content (AvgIpc) is 2.09. The summed E-state index contributed by atoms with van der Waals surface area (Å²) in [5.41, 5.74) is 0.162. The summed E-state index contributed by atoms with van der Waals surface area (Å²) in [6.07, 6.45) is 1.96. The molecule has 1 aliphatic rings. The fourth-order valence-electron chi connectivity index (χ4n) is 2.94. The van der Waals surface area contributed by atoms with E-state index < -0.39 is 0 Å². The fourth-order valence-corrected chi connectivity index (χ4v) is 2.94. The second kappa shape index (κ2) is 5.36. The lowest BCUT2D eigenvalue weighted by Crippen LogP contribution is -2.62. The Kier molecular flexibility index (Phi) is 4.55. The van der Waals surface area contributed by atoms with E-state index in [1.165, 1.54) is 0 Å². The van der Waals surface area contributed by atoms with Crippen LogP contribution in [0.3, 0.4) is 0 Å². The van der Waals surface area contributed by atoms with E-state index in [-0.39, 0.29) is 23.0 Å². The minimum atomic E-state index is 0.0812. The Morgan fingerprint density at radius 2 is 1.76 bits per heavy atom. The minimum Gasteiger partial charge on any atom is -0.352 e. The lowest BCUT2D eigenvalue weighted by molar-refractivity contribution is -0.121. The van der Waals surface area contributed by atoms with Gasteiger partial charge in [0.05, 0.1) is 6.54 Å². The Hall–Kier alpha value is -0.610. The molecular formula is C13H27N3O. The highest BCUT2D eigenvalue weighted by atomic mass is 16.1. The summed E-state index contributed by atoms with van der Waals surface area (Å²) in [5.74, 6) is 0.102. The summed E-state index contributed by atoms with van der Waals surface area (Å²) in [5, 5.41) is 9.79. The van der Waals surface area contributed by atoms with Crippen molar-refractivity contribution in [3.8, 4) is 0 Å². The van der Waals surface area contributed by atoms with Crippen LogP contribution in [0.4, 0.5) is 0 Å². The summed E-state index contributed by atoms with van der Waals surface area (Å²) in [6, 6.07) is 0.271. The van der Waals surface area contributed by atoms with Crippen molar-refractivity contribution in [2.75, 3.05) is 13.1 Å². The van der Waals surface area contributed by atoms with Gasteiger partial charge < -0.3 is 16.0 Å². The number of amides is 1. The zero-order valence-corrected chi connectivity index (χ0v) is 11.8. The maximum absolute atomic E-state index is 11.7. The lowest BCUT2D eigenvalue weighted by atomic mass is 9.79. The SMILES string of the molecule is CCNCC(=O)NC1CC(C)(C)NC(C)(C)C1. The maximum atomic E-state index is 11.7. The first-order valence-electron chi connectivity index (χ1n) is 6.53. The third-order valence-electron chi connectivity index (χ3n) is 3.09. The van der Waals surface area contributed by atoms with Gasteiger partial charge in [0.1, 0.15) is 0 Å². The highest BCUT2D eigenvalue weighted by Gasteiger charge is 2.37. The quantitative estimate of drug-likeness (QED) is 0.689. The Morgan fingerprint density at radius 1 is 1.24 bits per heavy atom. The molecule has 0 aliphatic carbocycles.